The highest BCUT2D eigenvalue weighted by atomic mass is 35.5. The number of carbonyl (C=O) groups excluding carboxylic acids is 2. The van der Waals surface area contributed by atoms with E-state index in [9.17, 15) is 9.59 Å². The number of carbonyl (C=O) groups is 2. The van der Waals surface area contributed by atoms with E-state index >= 15 is 0 Å². The molecule has 1 saturated heterocycles. The van der Waals surface area contributed by atoms with E-state index in [1.165, 1.54) is 10.4 Å². The summed E-state index contributed by atoms with van der Waals surface area (Å²) in [6, 6.07) is 7.34. The van der Waals surface area contributed by atoms with Gasteiger partial charge in [0.1, 0.15) is 22.7 Å². The molecule has 42 heavy (non-hydrogen) atoms. The average Bonchev–Trinajstić information content (AvgIpc) is 3.46. The SMILES string of the molecule is CCCCC(=O)N1CCN(CCCCC(=O)C[C@@H]2N=C(c3ccc(Cl)cc3)c3c(sc(C)c3C)-n3c(C)nnc32)CC1. The summed E-state index contributed by atoms with van der Waals surface area (Å²) in [5, 5.41) is 10.7. The molecule has 1 atom stereocenters. The van der Waals surface area contributed by atoms with Gasteiger partial charge in [0.05, 0.1) is 5.71 Å². The minimum atomic E-state index is -0.415. The highest BCUT2D eigenvalue weighted by Gasteiger charge is 2.32. The van der Waals surface area contributed by atoms with Crippen LogP contribution in [0.1, 0.15) is 91.1 Å². The number of ketones is 1. The van der Waals surface area contributed by atoms with Crippen LogP contribution in [-0.4, -0.2) is 74.7 Å². The molecule has 2 aliphatic heterocycles. The van der Waals surface area contributed by atoms with Gasteiger partial charge in [0, 0.05) is 66.5 Å². The number of halogens is 1. The fourth-order valence-corrected chi connectivity index (χ4v) is 7.15. The lowest BCUT2D eigenvalue weighted by Gasteiger charge is -2.34. The van der Waals surface area contributed by atoms with Gasteiger partial charge in [-0.05, 0) is 64.3 Å². The Labute approximate surface area is 257 Å². The number of amides is 1. The van der Waals surface area contributed by atoms with Crippen LogP contribution in [0.2, 0.25) is 5.02 Å². The molecule has 2 aromatic heterocycles. The minimum Gasteiger partial charge on any atom is -0.340 e. The van der Waals surface area contributed by atoms with Crippen molar-refractivity contribution in [2.45, 2.75) is 78.7 Å². The van der Waals surface area contributed by atoms with Gasteiger partial charge in [-0.2, -0.15) is 0 Å². The zero-order valence-corrected chi connectivity index (χ0v) is 26.7. The van der Waals surface area contributed by atoms with Crippen molar-refractivity contribution in [3.8, 4) is 5.00 Å². The zero-order valence-electron chi connectivity index (χ0n) is 25.2. The van der Waals surface area contributed by atoms with E-state index in [2.05, 4.69) is 40.4 Å². The van der Waals surface area contributed by atoms with E-state index in [1.807, 2.05) is 36.1 Å². The van der Waals surface area contributed by atoms with Crippen LogP contribution in [0.5, 0.6) is 0 Å². The van der Waals surface area contributed by atoms with Crippen molar-refractivity contribution in [1.82, 2.24) is 24.6 Å². The molecule has 1 amide bonds. The van der Waals surface area contributed by atoms with Gasteiger partial charge >= 0.3 is 0 Å². The van der Waals surface area contributed by atoms with E-state index < -0.39 is 6.04 Å². The van der Waals surface area contributed by atoms with Crippen molar-refractivity contribution in [3.63, 3.8) is 0 Å². The summed E-state index contributed by atoms with van der Waals surface area (Å²) in [5.74, 6) is 1.99. The third kappa shape index (κ3) is 6.68. The smallest absolute Gasteiger partial charge is 0.222 e. The average molecular weight is 609 g/mol. The van der Waals surface area contributed by atoms with Crippen LogP contribution in [-0.2, 0) is 9.59 Å². The lowest BCUT2D eigenvalue weighted by Crippen LogP contribution is -2.48. The molecule has 4 heterocycles. The third-order valence-electron chi connectivity index (χ3n) is 8.43. The Bertz CT molecular complexity index is 1450. The maximum absolute atomic E-state index is 13.3. The monoisotopic (exact) mass is 608 g/mol. The summed E-state index contributed by atoms with van der Waals surface area (Å²) < 4.78 is 2.09. The predicted octanol–water partition coefficient (Wildman–Crippen LogP) is 6.26. The summed E-state index contributed by atoms with van der Waals surface area (Å²) in [7, 11) is 0. The molecule has 0 N–H and O–H groups in total. The van der Waals surface area contributed by atoms with E-state index in [-0.39, 0.29) is 11.7 Å². The maximum Gasteiger partial charge on any atom is 0.222 e. The Morgan fingerprint density at radius 1 is 0.976 bits per heavy atom. The molecule has 5 rings (SSSR count). The zero-order chi connectivity index (χ0) is 29.8. The van der Waals surface area contributed by atoms with Crippen LogP contribution in [0.25, 0.3) is 5.00 Å². The number of thiophene rings is 1. The first-order chi connectivity index (χ1) is 20.3. The second-order valence-corrected chi connectivity index (χ2v) is 13.1. The van der Waals surface area contributed by atoms with Gasteiger partial charge < -0.3 is 4.90 Å². The van der Waals surface area contributed by atoms with Gasteiger partial charge in [-0.15, -0.1) is 21.5 Å². The molecule has 1 fully saturated rings. The Morgan fingerprint density at radius 2 is 1.71 bits per heavy atom. The number of rotatable bonds is 11. The van der Waals surface area contributed by atoms with Crippen LogP contribution >= 0.6 is 22.9 Å². The largest absolute Gasteiger partial charge is 0.340 e. The molecule has 0 bridgehead atoms. The number of nitrogens with zero attached hydrogens (tertiary/aromatic N) is 6. The van der Waals surface area contributed by atoms with Crippen LogP contribution in [0.15, 0.2) is 29.3 Å². The Hall–Kier alpha value is -2.88. The third-order valence-corrected chi connectivity index (χ3v) is 9.87. The minimum absolute atomic E-state index is 0.191. The number of aromatic nitrogens is 3. The molecule has 0 spiro atoms. The van der Waals surface area contributed by atoms with E-state index in [0.717, 1.165) is 91.9 Å². The number of piperazine rings is 1. The summed E-state index contributed by atoms with van der Waals surface area (Å²) in [6.45, 7) is 12.7. The van der Waals surface area contributed by atoms with E-state index in [0.29, 0.717) is 24.3 Å². The molecule has 0 unspecified atom stereocenters. The van der Waals surface area contributed by atoms with Crippen molar-refractivity contribution in [2.24, 2.45) is 4.99 Å². The van der Waals surface area contributed by atoms with Crippen LogP contribution in [0.3, 0.4) is 0 Å². The van der Waals surface area contributed by atoms with Gasteiger partial charge in [0.25, 0.3) is 0 Å². The molecule has 2 aliphatic rings. The molecule has 224 valence electrons. The number of hydrogen-bond acceptors (Lipinski definition) is 7. The lowest BCUT2D eigenvalue weighted by atomic mass is 9.99. The molecular weight excluding hydrogens is 568 g/mol. The number of aliphatic imine (C=N–C) groups is 1. The van der Waals surface area contributed by atoms with Crippen molar-refractivity contribution in [1.29, 1.82) is 0 Å². The highest BCUT2D eigenvalue weighted by Crippen LogP contribution is 2.39. The Morgan fingerprint density at radius 3 is 2.43 bits per heavy atom. The first kappa shape index (κ1) is 30.6. The number of Topliss-reactive ketones (excluding diaryl/α,β-unsaturated/α-hetero) is 1. The van der Waals surface area contributed by atoms with Gasteiger partial charge in [-0.3, -0.25) is 24.0 Å². The summed E-state index contributed by atoms with van der Waals surface area (Å²) >= 11 is 7.93. The molecule has 0 aliphatic carbocycles. The summed E-state index contributed by atoms with van der Waals surface area (Å²) in [6.07, 6.45) is 5.29. The van der Waals surface area contributed by atoms with Gasteiger partial charge in [-0.25, -0.2) is 0 Å². The van der Waals surface area contributed by atoms with E-state index in [4.69, 9.17) is 16.6 Å². The molecule has 8 nitrogen and oxygen atoms in total. The Kier molecular flexibility index (Phi) is 9.91. The number of benzene rings is 1. The number of unbranched alkanes of at least 4 members (excludes halogenated alkanes) is 2. The highest BCUT2D eigenvalue weighted by molar-refractivity contribution is 7.15. The second kappa shape index (κ2) is 13.6. The number of aryl methyl sites for hydroxylation is 2. The van der Waals surface area contributed by atoms with E-state index in [1.54, 1.807) is 11.3 Å². The normalized spacial score (nSPS) is 17.0. The van der Waals surface area contributed by atoms with Gasteiger partial charge in [0.15, 0.2) is 5.82 Å². The first-order valence-electron chi connectivity index (χ1n) is 15.1. The van der Waals surface area contributed by atoms with Crippen molar-refractivity contribution in [2.75, 3.05) is 32.7 Å². The molecular formula is C32H41ClN6O2S. The number of hydrogen-bond donors (Lipinski definition) is 0. The van der Waals surface area contributed by atoms with Crippen LogP contribution in [0, 0.1) is 20.8 Å². The summed E-state index contributed by atoms with van der Waals surface area (Å²) in [5.41, 5.74) is 4.10. The predicted molar refractivity (Wildman–Crippen MR) is 169 cm³/mol. The quantitative estimate of drug-likeness (QED) is 0.240. The number of fused-ring (bicyclic) bond motifs is 3. The van der Waals surface area contributed by atoms with Crippen LogP contribution < -0.4 is 0 Å². The first-order valence-corrected chi connectivity index (χ1v) is 16.3. The summed E-state index contributed by atoms with van der Waals surface area (Å²) in [4.78, 5) is 36.5. The fourth-order valence-electron chi connectivity index (χ4n) is 5.81. The van der Waals surface area contributed by atoms with Crippen molar-refractivity contribution >= 4 is 40.3 Å². The molecule has 0 radical (unpaired) electrons. The topological polar surface area (TPSA) is 83.7 Å². The molecule has 3 aromatic rings. The van der Waals surface area contributed by atoms with Crippen molar-refractivity contribution < 1.29 is 9.59 Å². The standard InChI is InChI=1S/C32H41ClN6O2S/c1-5-6-10-28(41)38-18-16-37(17-19-38)15-8-7-9-26(40)20-27-31-36-35-23(4)39(31)32-29(21(2)22(3)42-32)30(34-27)24-11-13-25(33)14-12-24/h11-14,27H,5-10,15-20H2,1-4H3/t27-/m0/s1. The lowest BCUT2D eigenvalue weighted by molar-refractivity contribution is -0.133. The Balaban J connectivity index is 1.24. The molecule has 1 aromatic carbocycles. The maximum atomic E-state index is 13.3. The van der Waals surface area contributed by atoms with Crippen LogP contribution in [0.4, 0.5) is 0 Å². The van der Waals surface area contributed by atoms with Gasteiger partial charge in [-0.1, -0.05) is 37.1 Å². The fraction of sp³-hybridized carbons (Fsp3) is 0.531. The molecule has 10 heteroatoms. The second-order valence-electron chi connectivity index (χ2n) is 11.4. The van der Waals surface area contributed by atoms with Crippen molar-refractivity contribution in [3.05, 3.63) is 62.5 Å². The van der Waals surface area contributed by atoms with Gasteiger partial charge in [0.2, 0.25) is 5.91 Å². The molecule has 0 saturated carbocycles.